The van der Waals surface area contributed by atoms with Gasteiger partial charge >= 0.3 is 6.09 Å². The first-order chi connectivity index (χ1) is 6.69. The van der Waals surface area contributed by atoms with Crippen molar-refractivity contribution in [3.8, 4) is 0 Å². The number of ether oxygens (including phenoxy) is 1. The van der Waals surface area contributed by atoms with Crippen LogP contribution in [-0.4, -0.2) is 54.3 Å². The summed E-state index contributed by atoms with van der Waals surface area (Å²) in [4.78, 5) is 12.5. The molecule has 8 heteroatoms. The van der Waals surface area contributed by atoms with Gasteiger partial charge in [-0.05, 0) is 5.28 Å². The van der Waals surface area contributed by atoms with Gasteiger partial charge in [-0.2, -0.15) is 0 Å². The molecule has 14 heavy (non-hydrogen) atoms. The second-order valence-electron chi connectivity index (χ2n) is 2.75. The Morgan fingerprint density at radius 2 is 2.00 bits per heavy atom. The Kier molecular flexibility index (Phi) is 3.32. The minimum Gasteiger partial charge on any atom is -0.737 e. The van der Waals surface area contributed by atoms with Crippen molar-refractivity contribution in [1.82, 2.24) is 9.91 Å². The topological polar surface area (TPSA) is 94.3 Å². The van der Waals surface area contributed by atoms with Crippen LogP contribution in [0, 0.1) is 10.4 Å². The molecule has 0 aliphatic carbocycles. The highest BCUT2D eigenvalue weighted by Gasteiger charge is 2.24. The molecule has 1 aliphatic heterocycles. The Morgan fingerprint density at radius 3 is 2.43 bits per heavy atom. The van der Waals surface area contributed by atoms with Crippen molar-refractivity contribution in [2.45, 2.75) is 0 Å². The van der Waals surface area contributed by atoms with E-state index in [1.54, 1.807) is 0 Å². The normalized spacial score (nSPS) is 18.2. The predicted octanol–water partition coefficient (Wildman–Crippen LogP) is -0.254. The number of carbonyl (C=O) groups excluding carboxylic acids is 1. The first kappa shape index (κ1) is 10.4. The third-order valence-corrected chi connectivity index (χ3v) is 2.00. The monoisotopic (exact) mass is 203 g/mol. The first-order valence-corrected chi connectivity index (χ1v) is 4.07. The van der Waals surface area contributed by atoms with Gasteiger partial charge in [0, 0.05) is 18.1 Å². The van der Waals surface area contributed by atoms with Crippen LogP contribution in [0.15, 0.2) is 5.28 Å². The molecule has 0 bridgehead atoms. The fraction of sp³-hybridized carbons (Fsp3) is 0.833. The molecule has 1 saturated heterocycles. The summed E-state index contributed by atoms with van der Waals surface area (Å²) in [6.07, 6.45) is -0.429. The van der Waals surface area contributed by atoms with E-state index in [0.29, 0.717) is 13.1 Å². The largest absolute Gasteiger partial charge is 0.737 e. The average molecular weight is 203 g/mol. The van der Waals surface area contributed by atoms with Crippen molar-refractivity contribution >= 4 is 6.09 Å². The van der Waals surface area contributed by atoms with E-state index in [-0.39, 0.29) is 18.1 Å². The molecule has 0 radical (unpaired) electrons. The standard InChI is InChI=1S/C6H12N4O4/c1-14-6(11)8-2-4-9(5-3-8)10(13)7-12/h12H,2-5H2,1H3/p-1/b10-7-. The number of methoxy groups -OCH3 is 1. The summed E-state index contributed by atoms with van der Waals surface area (Å²) in [5, 5.41) is 24.1. The molecule has 0 aromatic rings. The maximum Gasteiger partial charge on any atom is 0.409 e. The molecular formula is C6H11N4O4-. The second-order valence-corrected chi connectivity index (χ2v) is 2.75. The van der Waals surface area contributed by atoms with Crippen LogP contribution >= 0.6 is 0 Å². The van der Waals surface area contributed by atoms with Crippen molar-refractivity contribution in [3.05, 3.63) is 10.4 Å². The number of nitrogens with zero attached hydrogens (tertiary/aromatic N) is 4. The number of carbonyl (C=O) groups is 1. The number of piperazine rings is 1. The van der Waals surface area contributed by atoms with E-state index in [2.05, 4.69) is 10.0 Å². The van der Waals surface area contributed by atoms with E-state index in [4.69, 9.17) is 0 Å². The van der Waals surface area contributed by atoms with Gasteiger partial charge in [-0.1, -0.05) is 0 Å². The van der Waals surface area contributed by atoms with E-state index < -0.39 is 6.09 Å². The highest BCUT2D eigenvalue weighted by molar-refractivity contribution is 5.67. The van der Waals surface area contributed by atoms with Gasteiger partial charge in [0.1, 0.15) is 0 Å². The summed E-state index contributed by atoms with van der Waals surface area (Å²) in [6, 6.07) is 0. The van der Waals surface area contributed by atoms with Crippen LogP contribution in [0.5, 0.6) is 0 Å². The fourth-order valence-electron chi connectivity index (χ4n) is 1.23. The molecule has 0 N–H and O–H groups in total. The molecule has 0 aromatic carbocycles. The van der Waals surface area contributed by atoms with Crippen molar-refractivity contribution in [2.24, 2.45) is 5.28 Å². The van der Waals surface area contributed by atoms with E-state index in [1.165, 1.54) is 17.0 Å². The van der Waals surface area contributed by atoms with Crippen LogP contribution < -0.4 is 0 Å². The molecule has 0 aromatic heterocycles. The summed E-state index contributed by atoms with van der Waals surface area (Å²) in [5.74, 6) is 0. The molecule has 8 nitrogen and oxygen atoms in total. The number of hydrazine groups is 1. The maximum atomic E-state index is 11.0. The average Bonchev–Trinajstić information content (AvgIpc) is 2.27. The van der Waals surface area contributed by atoms with Crippen LogP contribution in [0.4, 0.5) is 4.79 Å². The van der Waals surface area contributed by atoms with Gasteiger partial charge in [-0.15, -0.1) is 5.01 Å². The first-order valence-electron chi connectivity index (χ1n) is 4.07. The zero-order valence-corrected chi connectivity index (χ0v) is 7.75. The second kappa shape index (κ2) is 4.49. The van der Waals surface area contributed by atoms with Gasteiger partial charge in [0.25, 0.3) is 0 Å². The summed E-state index contributed by atoms with van der Waals surface area (Å²) in [6.45, 7) is 1.26. The van der Waals surface area contributed by atoms with Gasteiger partial charge in [0.2, 0.25) is 0 Å². The van der Waals surface area contributed by atoms with Crippen LogP contribution in [0.25, 0.3) is 0 Å². The van der Waals surface area contributed by atoms with E-state index in [1.807, 2.05) is 0 Å². The zero-order chi connectivity index (χ0) is 10.6. The molecule has 1 aliphatic rings. The lowest BCUT2D eigenvalue weighted by Gasteiger charge is -2.30. The molecule has 0 spiro atoms. The molecule has 0 saturated carbocycles. The SMILES string of the molecule is COC(=O)N1CCN(/[N+]([O-])=N/[O-])CC1. The zero-order valence-electron chi connectivity index (χ0n) is 7.75. The Balaban J connectivity index is 2.42. The number of amides is 1. The van der Waals surface area contributed by atoms with Gasteiger partial charge in [0.15, 0.2) is 0 Å². The molecule has 1 heterocycles. The third kappa shape index (κ3) is 2.15. The van der Waals surface area contributed by atoms with Crippen LogP contribution in [0.3, 0.4) is 0 Å². The van der Waals surface area contributed by atoms with E-state index >= 15 is 0 Å². The lowest BCUT2D eigenvalue weighted by atomic mass is 10.4. The van der Waals surface area contributed by atoms with Crippen molar-refractivity contribution < 1.29 is 14.5 Å². The van der Waals surface area contributed by atoms with Crippen molar-refractivity contribution in [1.29, 1.82) is 0 Å². The lowest BCUT2D eigenvalue weighted by Crippen LogP contribution is -2.50. The van der Waals surface area contributed by atoms with Crippen LogP contribution in [0.1, 0.15) is 0 Å². The summed E-state index contributed by atoms with van der Waals surface area (Å²) < 4.78 is 4.50. The molecule has 80 valence electrons. The van der Waals surface area contributed by atoms with Crippen LogP contribution in [-0.2, 0) is 4.74 Å². The van der Waals surface area contributed by atoms with Crippen LogP contribution in [0.2, 0.25) is 0 Å². The minimum atomic E-state index is -0.429. The smallest absolute Gasteiger partial charge is 0.409 e. The Morgan fingerprint density at radius 1 is 1.43 bits per heavy atom. The molecule has 1 fully saturated rings. The van der Waals surface area contributed by atoms with Gasteiger partial charge < -0.3 is 20.1 Å². The number of hydrogen-bond acceptors (Lipinski definition) is 5. The highest BCUT2D eigenvalue weighted by atomic mass is 16.6. The van der Waals surface area contributed by atoms with Gasteiger partial charge in [-0.25, -0.2) is 4.79 Å². The molecule has 1 amide bonds. The van der Waals surface area contributed by atoms with E-state index in [9.17, 15) is 15.2 Å². The molecule has 0 unspecified atom stereocenters. The highest BCUT2D eigenvalue weighted by Crippen LogP contribution is 2.03. The molecule has 0 atom stereocenters. The summed E-state index contributed by atoms with van der Waals surface area (Å²) >= 11 is 0. The molecular weight excluding hydrogens is 192 g/mol. The quantitative estimate of drug-likeness (QED) is 0.332. The number of hydrogen-bond donors (Lipinski definition) is 0. The maximum absolute atomic E-state index is 11.0. The Labute approximate surface area is 80.5 Å². The van der Waals surface area contributed by atoms with Gasteiger partial charge in [-0.3, -0.25) is 0 Å². The van der Waals surface area contributed by atoms with E-state index in [0.717, 1.165) is 0 Å². The Hall–Kier alpha value is -1.73. The number of rotatable bonds is 1. The van der Waals surface area contributed by atoms with Crippen molar-refractivity contribution in [3.63, 3.8) is 0 Å². The Bertz CT molecular complexity index is 236. The minimum absolute atomic E-state index is 0.00534. The predicted molar refractivity (Wildman–Crippen MR) is 45.0 cm³/mol. The third-order valence-electron chi connectivity index (χ3n) is 2.00. The van der Waals surface area contributed by atoms with Crippen molar-refractivity contribution in [2.75, 3.05) is 33.3 Å². The summed E-state index contributed by atoms with van der Waals surface area (Å²) in [7, 11) is 1.29. The fourth-order valence-corrected chi connectivity index (χ4v) is 1.23. The summed E-state index contributed by atoms with van der Waals surface area (Å²) in [5.41, 5.74) is 0. The molecule has 1 rings (SSSR count). The van der Waals surface area contributed by atoms with Gasteiger partial charge in [0.05, 0.1) is 20.2 Å². The lowest BCUT2D eigenvalue weighted by molar-refractivity contribution is -0.692.